The van der Waals surface area contributed by atoms with Crippen LogP contribution in [0.1, 0.15) is 22.5 Å². The van der Waals surface area contributed by atoms with Gasteiger partial charge >= 0.3 is 6.18 Å². The number of aryl methyl sites for hydroxylation is 3. The number of halogens is 4. The minimum absolute atomic E-state index is 0.115. The molecule has 3 aromatic rings. The summed E-state index contributed by atoms with van der Waals surface area (Å²) in [5, 5.41) is 11.0. The topological polar surface area (TPSA) is 59.8 Å². The highest BCUT2D eigenvalue weighted by molar-refractivity contribution is 9.10. The first-order valence-electron chi connectivity index (χ1n) is 8.85. The first-order chi connectivity index (χ1) is 14.1. The maximum Gasteiger partial charge on any atom is 0.418 e. The summed E-state index contributed by atoms with van der Waals surface area (Å²) < 4.78 is 41.8. The van der Waals surface area contributed by atoms with Gasteiger partial charge in [0, 0.05) is 10.2 Å². The van der Waals surface area contributed by atoms with Gasteiger partial charge in [-0.1, -0.05) is 33.8 Å². The molecule has 0 saturated carbocycles. The summed E-state index contributed by atoms with van der Waals surface area (Å²) in [4.78, 5) is 12.3. The molecule has 0 fully saturated rings. The quantitative estimate of drug-likeness (QED) is 0.458. The molecule has 0 aliphatic heterocycles. The lowest BCUT2D eigenvalue weighted by atomic mass is 10.1. The molecule has 0 unspecified atom stereocenters. The van der Waals surface area contributed by atoms with E-state index in [-0.39, 0.29) is 15.9 Å². The van der Waals surface area contributed by atoms with Gasteiger partial charge in [0.05, 0.1) is 17.0 Å². The Bertz CT molecular complexity index is 1100. The molecule has 1 aromatic heterocycles. The molecule has 10 heteroatoms. The van der Waals surface area contributed by atoms with Crippen LogP contribution in [0.25, 0.3) is 5.69 Å². The number of carbonyl (C=O) groups excluding carboxylic acids is 1. The van der Waals surface area contributed by atoms with Crippen molar-refractivity contribution in [3.63, 3.8) is 0 Å². The predicted octanol–water partition coefficient (Wildman–Crippen LogP) is 5.70. The fraction of sp³-hybridized carbons (Fsp3) is 0.250. The normalized spacial score (nSPS) is 11.6. The average Bonchev–Trinajstić information content (AvgIpc) is 3.03. The number of carbonyl (C=O) groups is 1. The van der Waals surface area contributed by atoms with Gasteiger partial charge in [-0.15, -0.1) is 10.2 Å². The summed E-state index contributed by atoms with van der Waals surface area (Å²) in [5.41, 5.74) is 1.90. The Morgan fingerprint density at radius 2 is 1.83 bits per heavy atom. The molecule has 3 rings (SSSR count). The molecular weight excluding hydrogens is 481 g/mol. The second-order valence-electron chi connectivity index (χ2n) is 6.66. The minimum atomic E-state index is -4.58. The largest absolute Gasteiger partial charge is 0.418 e. The molecule has 0 aliphatic rings. The van der Waals surface area contributed by atoms with E-state index in [0.29, 0.717) is 11.0 Å². The number of benzene rings is 2. The van der Waals surface area contributed by atoms with Crippen LogP contribution in [0.4, 0.5) is 18.9 Å². The molecule has 0 saturated heterocycles. The molecule has 1 heterocycles. The van der Waals surface area contributed by atoms with Crippen LogP contribution in [0, 0.1) is 20.8 Å². The number of alkyl halides is 3. The number of aromatic nitrogens is 3. The number of rotatable bonds is 5. The molecular formula is C20H18BrF3N4OS. The predicted molar refractivity (Wildman–Crippen MR) is 114 cm³/mol. The molecule has 0 bridgehead atoms. The summed E-state index contributed by atoms with van der Waals surface area (Å²) in [6, 6.07) is 9.50. The molecule has 158 valence electrons. The van der Waals surface area contributed by atoms with E-state index in [1.165, 1.54) is 12.1 Å². The molecule has 5 nitrogen and oxygen atoms in total. The zero-order valence-corrected chi connectivity index (χ0v) is 18.7. The van der Waals surface area contributed by atoms with E-state index in [1.54, 1.807) is 6.92 Å². The Hall–Kier alpha value is -2.33. The molecule has 0 aliphatic carbocycles. The standard InChI is InChI=1S/C20H18BrF3N4OS/c1-11-4-6-15(8-12(11)2)28-13(3)26-27-19(28)30-10-18(29)25-17-7-5-14(21)9-16(17)20(22,23)24/h4-9H,10H2,1-3H3,(H,25,29). The van der Waals surface area contributed by atoms with E-state index in [9.17, 15) is 18.0 Å². The van der Waals surface area contributed by atoms with Crippen LogP contribution in [0.2, 0.25) is 0 Å². The third-order valence-electron chi connectivity index (χ3n) is 4.44. The van der Waals surface area contributed by atoms with Gasteiger partial charge in [0.25, 0.3) is 0 Å². The van der Waals surface area contributed by atoms with Crippen LogP contribution in [-0.4, -0.2) is 26.4 Å². The van der Waals surface area contributed by atoms with Crippen LogP contribution in [0.5, 0.6) is 0 Å². The Morgan fingerprint density at radius 3 is 2.50 bits per heavy atom. The van der Waals surface area contributed by atoms with Crippen LogP contribution >= 0.6 is 27.7 Å². The van der Waals surface area contributed by atoms with Gasteiger partial charge in [-0.05, 0) is 62.2 Å². The van der Waals surface area contributed by atoms with E-state index in [2.05, 4.69) is 31.4 Å². The zero-order valence-electron chi connectivity index (χ0n) is 16.3. The van der Waals surface area contributed by atoms with Crippen molar-refractivity contribution in [2.45, 2.75) is 32.1 Å². The lowest BCUT2D eigenvalue weighted by Gasteiger charge is -2.14. The second-order valence-corrected chi connectivity index (χ2v) is 8.52. The SMILES string of the molecule is Cc1ccc(-n2c(C)nnc2SCC(=O)Nc2ccc(Br)cc2C(F)(F)F)cc1C. The number of thioether (sulfide) groups is 1. The fourth-order valence-corrected chi connectivity index (χ4v) is 3.93. The second kappa shape index (κ2) is 8.81. The molecule has 1 N–H and O–H groups in total. The molecule has 0 spiro atoms. The maximum absolute atomic E-state index is 13.2. The van der Waals surface area contributed by atoms with Crippen LogP contribution in [0.3, 0.4) is 0 Å². The summed E-state index contributed by atoms with van der Waals surface area (Å²) in [5.74, 6) is -0.0374. The van der Waals surface area contributed by atoms with E-state index in [1.807, 2.05) is 36.6 Å². The zero-order chi connectivity index (χ0) is 22.1. The smallest absolute Gasteiger partial charge is 0.325 e. The monoisotopic (exact) mass is 498 g/mol. The van der Waals surface area contributed by atoms with E-state index < -0.39 is 17.6 Å². The molecule has 0 radical (unpaired) electrons. The third kappa shape index (κ3) is 5.04. The summed E-state index contributed by atoms with van der Waals surface area (Å²) >= 11 is 4.13. The highest BCUT2D eigenvalue weighted by Gasteiger charge is 2.34. The van der Waals surface area contributed by atoms with E-state index in [0.717, 1.165) is 34.6 Å². The summed E-state index contributed by atoms with van der Waals surface area (Å²) in [7, 11) is 0. The van der Waals surface area contributed by atoms with Crippen molar-refractivity contribution in [1.82, 2.24) is 14.8 Å². The third-order valence-corrected chi connectivity index (χ3v) is 5.86. The molecule has 0 atom stereocenters. The number of anilines is 1. The maximum atomic E-state index is 13.2. The lowest BCUT2D eigenvalue weighted by molar-refractivity contribution is -0.137. The Balaban J connectivity index is 1.76. The van der Waals surface area contributed by atoms with E-state index in [4.69, 9.17) is 0 Å². The number of amides is 1. The molecule has 2 aromatic carbocycles. The first kappa shape index (κ1) is 22.4. The van der Waals surface area contributed by atoms with Crippen molar-refractivity contribution < 1.29 is 18.0 Å². The van der Waals surface area contributed by atoms with Crippen molar-refractivity contribution in [3.8, 4) is 5.69 Å². The van der Waals surface area contributed by atoms with Gasteiger partial charge in [-0.3, -0.25) is 9.36 Å². The van der Waals surface area contributed by atoms with Crippen molar-refractivity contribution in [3.05, 3.63) is 63.4 Å². The summed E-state index contributed by atoms with van der Waals surface area (Å²) in [6.07, 6.45) is -4.58. The highest BCUT2D eigenvalue weighted by atomic mass is 79.9. The van der Waals surface area contributed by atoms with Crippen LogP contribution in [0.15, 0.2) is 46.0 Å². The highest BCUT2D eigenvalue weighted by Crippen LogP contribution is 2.36. The van der Waals surface area contributed by atoms with Crippen molar-refractivity contribution >= 4 is 39.3 Å². The van der Waals surface area contributed by atoms with Crippen molar-refractivity contribution in [2.75, 3.05) is 11.1 Å². The Morgan fingerprint density at radius 1 is 1.10 bits per heavy atom. The Labute approximate surface area is 184 Å². The Kier molecular flexibility index (Phi) is 6.56. The van der Waals surface area contributed by atoms with Gasteiger partial charge in [0.2, 0.25) is 5.91 Å². The number of hydrogen-bond donors (Lipinski definition) is 1. The van der Waals surface area contributed by atoms with Gasteiger partial charge in [-0.25, -0.2) is 0 Å². The molecule has 30 heavy (non-hydrogen) atoms. The van der Waals surface area contributed by atoms with Crippen molar-refractivity contribution in [2.24, 2.45) is 0 Å². The van der Waals surface area contributed by atoms with Gasteiger partial charge in [-0.2, -0.15) is 13.2 Å². The van der Waals surface area contributed by atoms with E-state index >= 15 is 0 Å². The van der Waals surface area contributed by atoms with Gasteiger partial charge in [0.1, 0.15) is 5.82 Å². The number of hydrogen-bond acceptors (Lipinski definition) is 4. The van der Waals surface area contributed by atoms with Crippen LogP contribution in [-0.2, 0) is 11.0 Å². The van der Waals surface area contributed by atoms with Gasteiger partial charge in [0.15, 0.2) is 5.16 Å². The molecule has 1 amide bonds. The van der Waals surface area contributed by atoms with Crippen molar-refractivity contribution in [1.29, 1.82) is 0 Å². The summed E-state index contributed by atoms with van der Waals surface area (Å²) in [6.45, 7) is 5.80. The number of nitrogens with one attached hydrogen (secondary N) is 1. The number of nitrogens with zero attached hydrogens (tertiary/aromatic N) is 3. The first-order valence-corrected chi connectivity index (χ1v) is 10.6. The lowest BCUT2D eigenvalue weighted by Crippen LogP contribution is -2.18. The van der Waals surface area contributed by atoms with Gasteiger partial charge < -0.3 is 5.32 Å². The minimum Gasteiger partial charge on any atom is -0.325 e. The fourth-order valence-electron chi connectivity index (χ4n) is 2.77. The van der Waals surface area contributed by atoms with Crippen LogP contribution < -0.4 is 5.32 Å². The average molecular weight is 499 g/mol.